The number of anilines is 1. The van der Waals surface area contributed by atoms with Crippen molar-refractivity contribution in [2.24, 2.45) is 5.92 Å². The molecule has 14 heavy (non-hydrogen) atoms. The molecule has 1 atom stereocenters. The van der Waals surface area contributed by atoms with Gasteiger partial charge in [0.25, 0.3) is 5.56 Å². The predicted octanol–water partition coefficient (Wildman–Crippen LogP) is 1.87. The van der Waals surface area contributed by atoms with E-state index in [0.29, 0.717) is 11.6 Å². The van der Waals surface area contributed by atoms with Gasteiger partial charge in [-0.2, -0.15) is 0 Å². The quantitative estimate of drug-likeness (QED) is 0.795. The number of nitrogens with two attached hydrogens (primary N) is 1. The maximum absolute atomic E-state index is 11.4. The summed E-state index contributed by atoms with van der Waals surface area (Å²) in [7, 11) is 0. The maximum Gasteiger partial charge on any atom is 0.250 e. The van der Waals surface area contributed by atoms with Crippen molar-refractivity contribution in [1.29, 1.82) is 0 Å². The van der Waals surface area contributed by atoms with Crippen LogP contribution in [-0.2, 0) is 6.54 Å². The number of pyridine rings is 1. The normalized spacial score (nSPS) is 12.7. The van der Waals surface area contributed by atoms with Gasteiger partial charge in [0.1, 0.15) is 0 Å². The molecule has 1 heterocycles. The highest BCUT2D eigenvalue weighted by Gasteiger charge is 2.03. The summed E-state index contributed by atoms with van der Waals surface area (Å²) in [6.45, 7) is 5.06. The third kappa shape index (κ3) is 2.91. The second-order valence-electron chi connectivity index (χ2n) is 3.85. The SMILES string of the molecule is CCCC(C)Cn1cc(N)ccc1=O. The van der Waals surface area contributed by atoms with Crippen molar-refractivity contribution >= 4 is 5.69 Å². The molecule has 78 valence electrons. The van der Waals surface area contributed by atoms with E-state index in [1.165, 1.54) is 6.07 Å². The molecule has 1 rings (SSSR count). The molecule has 2 N–H and O–H groups in total. The maximum atomic E-state index is 11.4. The summed E-state index contributed by atoms with van der Waals surface area (Å²) in [6, 6.07) is 3.16. The lowest BCUT2D eigenvalue weighted by molar-refractivity contribution is 0.439. The molecule has 0 spiro atoms. The molecule has 3 heteroatoms. The molecule has 0 aliphatic heterocycles. The molecule has 0 amide bonds. The zero-order valence-electron chi connectivity index (χ0n) is 8.86. The van der Waals surface area contributed by atoms with E-state index in [1.807, 2.05) is 0 Å². The molecular formula is C11H18N2O. The third-order valence-electron chi connectivity index (χ3n) is 2.30. The summed E-state index contributed by atoms with van der Waals surface area (Å²) in [5, 5.41) is 0. The van der Waals surface area contributed by atoms with Gasteiger partial charge in [0, 0.05) is 24.5 Å². The van der Waals surface area contributed by atoms with Gasteiger partial charge in [0.05, 0.1) is 0 Å². The van der Waals surface area contributed by atoms with Crippen LogP contribution in [0, 0.1) is 5.92 Å². The van der Waals surface area contributed by atoms with E-state index in [4.69, 9.17) is 5.73 Å². The summed E-state index contributed by atoms with van der Waals surface area (Å²) in [6.07, 6.45) is 4.01. The minimum absolute atomic E-state index is 0.0298. The van der Waals surface area contributed by atoms with Crippen molar-refractivity contribution in [3.63, 3.8) is 0 Å². The Labute approximate surface area is 84.6 Å². The Bertz CT molecular complexity index is 343. The van der Waals surface area contributed by atoms with Crippen LogP contribution in [-0.4, -0.2) is 4.57 Å². The van der Waals surface area contributed by atoms with Gasteiger partial charge in [-0.05, 0) is 18.4 Å². The van der Waals surface area contributed by atoms with Crippen molar-refractivity contribution in [2.45, 2.75) is 33.2 Å². The van der Waals surface area contributed by atoms with Crippen LogP contribution < -0.4 is 11.3 Å². The molecule has 3 nitrogen and oxygen atoms in total. The van der Waals surface area contributed by atoms with Crippen molar-refractivity contribution < 1.29 is 0 Å². The van der Waals surface area contributed by atoms with Gasteiger partial charge < -0.3 is 10.3 Å². The van der Waals surface area contributed by atoms with E-state index < -0.39 is 0 Å². The fraction of sp³-hybridized carbons (Fsp3) is 0.545. The summed E-state index contributed by atoms with van der Waals surface area (Å²) in [5.41, 5.74) is 6.29. The lowest BCUT2D eigenvalue weighted by atomic mass is 10.1. The average Bonchev–Trinajstić information content (AvgIpc) is 2.12. The zero-order chi connectivity index (χ0) is 10.6. The number of hydrogen-bond acceptors (Lipinski definition) is 2. The van der Waals surface area contributed by atoms with Crippen molar-refractivity contribution in [3.05, 3.63) is 28.7 Å². The molecular weight excluding hydrogens is 176 g/mol. The van der Waals surface area contributed by atoms with Crippen LogP contribution in [0.3, 0.4) is 0 Å². The highest BCUT2D eigenvalue weighted by Crippen LogP contribution is 2.07. The van der Waals surface area contributed by atoms with Crippen molar-refractivity contribution in [2.75, 3.05) is 5.73 Å². The van der Waals surface area contributed by atoms with Crippen molar-refractivity contribution in [1.82, 2.24) is 4.57 Å². The predicted molar refractivity (Wildman–Crippen MR) is 59.2 cm³/mol. The molecule has 0 aliphatic rings. The van der Waals surface area contributed by atoms with Crippen LogP contribution in [0.15, 0.2) is 23.1 Å². The Morgan fingerprint density at radius 3 is 2.86 bits per heavy atom. The summed E-state index contributed by atoms with van der Waals surface area (Å²) in [5.74, 6) is 0.527. The second kappa shape index (κ2) is 4.84. The Morgan fingerprint density at radius 1 is 1.50 bits per heavy atom. The number of rotatable bonds is 4. The number of aromatic nitrogens is 1. The first kappa shape index (κ1) is 10.8. The number of nitrogen functional groups attached to an aromatic ring is 1. The molecule has 0 saturated heterocycles. The Balaban J connectivity index is 2.75. The molecule has 0 aliphatic carbocycles. The second-order valence-corrected chi connectivity index (χ2v) is 3.85. The van der Waals surface area contributed by atoms with E-state index in [2.05, 4.69) is 13.8 Å². The van der Waals surface area contributed by atoms with Gasteiger partial charge >= 0.3 is 0 Å². The molecule has 0 bridgehead atoms. The lowest BCUT2D eigenvalue weighted by Gasteiger charge is -2.12. The van der Waals surface area contributed by atoms with Gasteiger partial charge in [0.15, 0.2) is 0 Å². The van der Waals surface area contributed by atoms with E-state index >= 15 is 0 Å². The highest BCUT2D eigenvalue weighted by molar-refractivity contribution is 5.33. The largest absolute Gasteiger partial charge is 0.398 e. The molecule has 1 aromatic heterocycles. The molecule has 0 aromatic carbocycles. The first-order chi connectivity index (χ1) is 6.63. The fourth-order valence-corrected chi connectivity index (χ4v) is 1.61. The highest BCUT2D eigenvalue weighted by atomic mass is 16.1. The van der Waals surface area contributed by atoms with E-state index in [1.54, 1.807) is 16.8 Å². The van der Waals surface area contributed by atoms with Gasteiger partial charge in [-0.25, -0.2) is 0 Å². The van der Waals surface area contributed by atoms with Crippen LogP contribution in [0.5, 0.6) is 0 Å². The standard InChI is InChI=1S/C11H18N2O/c1-3-4-9(2)7-13-8-10(12)5-6-11(13)14/h5-6,8-9H,3-4,7,12H2,1-2H3. The van der Waals surface area contributed by atoms with Crippen LogP contribution in [0.4, 0.5) is 5.69 Å². The summed E-state index contributed by atoms with van der Waals surface area (Å²) in [4.78, 5) is 11.4. The van der Waals surface area contributed by atoms with Gasteiger partial charge in [-0.15, -0.1) is 0 Å². The third-order valence-corrected chi connectivity index (χ3v) is 2.30. The van der Waals surface area contributed by atoms with Crippen LogP contribution >= 0.6 is 0 Å². The Hall–Kier alpha value is -1.25. The smallest absolute Gasteiger partial charge is 0.250 e. The summed E-state index contributed by atoms with van der Waals surface area (Å²) >= 11 is 0. The number of nitrogens with zero attached hydrogens (tertiary/aromatic N) is 1. The first-order valence-corrected chi connectivity index (χ1v) is 5.09. The zero-order valence-corrected chi connectivity index (χ0v) is 8.86. The van der Waals surface area contributed by atoms with Gasteiger partial charge in [-0.1, -0.05) is 20.3 Å². The summed E-state index contributed by atoms with van der Waals surface area (Å²) < 4.78 is 1.69. The first-order valence-electron chi connectivity index (χ1n) is 5.09. The van der Waals surface area contributed by atoms with Crippen LogP contribution in [0.2, 0.25) is 0 Å². The average molecular weight is 194 g/mol. The Morgan fingerprint density at radius 2 is 2.21 bits per heavy atom. The lowest BCUT2D eigenvalue weighted by Crippen LogP contribution is -2.22. The molecule has 0 saturated carbocycles. The monoisotopic (exact) mass is 194 g/mol. The van der Waals surface area contributed by atoms with Crippen molar-refractivity contribution in [3.8, 4) is 0 Å². The molecule has 1 unspecified atom stereocenters. The molecule has 1 aromatic rings. The minimum atomic E-state index is 0.0298. The van der Waals surface area contributed by atoms with E-state index in [-0.39, 0.29) is 5.56 Å². The molecule has 0 fully saturated rings. The van der Waals surface area contributed by atoms with E-state index in [0.717, 1.165) is 19.4 Å². The fourth-order valence-electron chi connectivity index (χ4n) is 1.61. The van der Waals surface area contributed by atoms with Crippen LogP contribution in [0.1, 0.15) is 26.7 Å². The van der Waals surface area contributed by atoms with Gasteiger partial charge in [-0.3, -0.25) is 4.79 Å². The number of hydrogen-bond donors (Lipinski definition) is 1. The van der Waals surface area contributed by atoms with E-state index in [9.17, 15) is 4.79 Å². The van der Waals surface area contributed by atoms with Crippen LogP contribution in [0.25, 0.3) is 0 Å². The molecule has 0 radical (unpaired) electrons. The van der Waals surface area contributed by atoms with Gasteiger partial charge in [0.2, 0.25) is 0 Å². The topological polar surface area (TPSA) is 48.0 Å². The Kier molecular flexibility index (Phi) is 3.74. The minimum Gasteiger partial charge on any atom is -0.398 e.